The van der Waals surface area contributed by atoms with Crippen LogP contribution in [0, 0.1) is 19.7 Å². The fraction of sp³-hybridized carbons (Fsp3) is 0.400. The Labute approximate surface area is 112 Å². The number of aromatic nitrogens is 2. The van der Waals surface area contributed by atoms with Crippen molar-refractivity contribution in [1.82, 2.24) is 9.78 Å². The largest absolute Gasteiger partial charge is 0.388 e. The van der Waals surface area contributed by atoms with Crippen molar-refractivity contribution >= 4 is 0 Å². The summed E-state index contributed by atoms with van der Waals surface area (Å²) in [6.07, 6.45) is -0.476. The van der Waals surface area contributed by atoms with E-state index in [1.54, 1.807) is 25.1 Å². The molecule has 0 fully saturated rings. The summed E-state index contributed by atoms with van der Waals surface area (Å²) in [5, 5.41) is 14.6. The molecule has 3 nitrogen and oxygen atoms in total. The molecular formula is C15H19FN2O. The van der Waals surface area contributed by atoms with Gasteiger partial charge in [-0.05, 0) is 32.4 Å². The maximum absolute atomic E-state index is 14.0. The van der Waals surface area contributed by atoms with Crippen molar-refractivity contribution in [3.05, 3.63) is 52.6 Å². The van der Waals surface area contributed by atoms with Gasteiger partial charge in [-0.15, -0.1) is 0 Å². The van der Waals surface area contributed by atoms with Crippen LogP contribution < -0.4 is 0 Å². The molecule has 0 saturated heterocycles. The Kier molecular flexibility index (Phi) is 4.00. The first kappa shape index (κ1) is 13.7. The van der Waals surface area contributed by atoms with E-state index in [0.717, 1.165) is 17.9 Å². The molecule has 2 rings (SSSR count). The second-order valence-electron chi connectivity index (χ2n) is 4.79. The van der Waals surface area contributed by atoms with E-state index in [1.165, 1.54) is 0 Å². The summed E-state index contributed by atoms with van der Waals surface area (Å²) < 4.78 is 15.8. The summed E-state index contributed by atoms with van der Waals surface area (Å²) in [6.45, 7) is 6.35. The zero-order valence-electron chi connectivity index (χ0n) is 11.5. The van der Waals surface area contributed by atoms with Gasteiger partial charge in [0.2, 0.25) is 0 Å². The molecule has 1 aromatic carbocycles. The van der Waals surface area contributed by atoms with Crippen molar-refractivity contribution < 1.29 is 9.50 Å². The Morgan fingerprint density at radius 2 is 2.11 bits per heavy atom. The number of nitrogens with zero attached hydrogens (tertiary/aromatic N) is 2. The van der Waals surface area contributed by atoms with Gasteiger partial charge in [-0.25, -0.2) is 4.39 Å². The molecule has 1 atom stereocenters. The van der Waals surface area contributed by atoms with Crippen LogP contribution in [0.1, 0.15) is 35.5 Å². The molecule has 0 radical (unpaired) electrons. The summed E-state index contributed by atoms with van der Waals surface area (Å²) in [6, 6.07) is 7.03. The van der Waals surface area contributed by atoms with E-state index in [-0.39, 0.29) is 5.82 Å². The second kappa shape index (κ2) is 5.53. The molecule has 1 heterocycles. The van der Waals surface area contributed by atoms with Gasteiger partial charge < -0.3 is 5.11 Å². The molecule has 0 aliphatic heterocycles. The third-order valence-corrected chi connectivity index (χ3v) is 3.27. The Balaban J connectivity index is 2.25. The standard InChI is InChI=1S/C15H19FN2O/c1-4-18-12(8-11(3)17-18)9-14(19)13-7-5-6-10(2)15(13)16/h5-8,14,19H,4,9H2,1-3H3. The van der Waals surface area contributed by atoms with E-state index in [9.17, 15) is 9.50 Å². The maximum Gasteiger partial charge on any atom is 0.131 e. The van der Waals surface area contributed by atoms with Gasteiger partial charge in [0.1, 0.15) is 5.82 Å². The molecule has 0 aliphatic carbocycles. The van der Waals surface area contributed by atoms with Crippen molar-refractivity contribution in [2.45, 2.75) is 39.8 Å². The van der Waals surface area contributed by atoms with E-state index >= 15 is 0 Å². The summed E-state index contributed by atoms with van der Waals surface area (Å²) in [5.74, 6) is -0.325. The lowest BCUT2D eigenvalue weighted by Gasteiger charge is -2.13. The minimum Gasteiger partial charge on any atom is -0.388 e. The van der Waals surface area contributed by atoms with Crippen LogP contribution in [0.4, 0.5) is 4.39 Å². The molecule has 0 saturated carbocycles. The molecule has 1 aromatic heterocycles. The van der Waals surface area contributed by atoms with Gasteiger partial charge in [0.15, 0.2) is 0 Å². The summed E-state index contributed by atoms with van der Waals surface area (Å²) in [7, 11) is 0. The van der Waals surface area contributed by atoms with Crippen molar-refractivity contribution in [1.29, 1.82) is 0 Å². The average Bonchev–Trinajstić information content (AvgIpc) is 2.72. The molecule has 0 bridgehead atoms. The molecule has 1 N–H and O–H groups in total. The highest BCUT2D eigenvalue weighted by atomic mass is 19.1. The number of aliphatic hydroxyl groups excluding tert-OH is 1. The summed E-state index contributed by atoms with van der Waals surface area (Å²) in [4.78, 5) is 0. The molecule has 1 unspecified atom stereocenters. The van der Waals surface area contributed by atoms with Gasteiger partial charge in [-0.1, -0.05) is 18.2 Å². The summed E-state index contributed by atoms with van der Waals surface area (Å²) >= 11 is 0. The molecule has 102 valence electrons. The fourth-order valence-corrected chi connectivity index (χ4v) is 2.27. The second-order valence-corrected chi connectivity index (χ2v) is 4.79. The molecule has 4 heteroatoms. The lowest BCUT2D eigenvalue weighted by molar-refractivity contribution is 0.170. The smallest absolute Gasteiger partial charge is 0.131 e. The lowest BCUT2D eigenvalue weighted by atomic mass is 10.0. The first-order valence-electron chi connectivity index (χ1n) is 6.49. The van der Waals surface area contributed by atoms with Crippen molar-refractivity contribution in [2.24, 2.45) is 0 Å². The van der Waals surface area contributed by atoms with E-state index in [0.29, 0.717) is 17.5 Å². The molecule has 2 aromatic rings. The van der Waals surface area contributed by atoms with Gasteiger partial charge in [0.05, 0.1) is 11.8 Å². The molecule has 19 heavy (non-hydrogen) atoms. The van der Waals surface area contributed by atoms with Crippen LogP contribution in [0.15, 0.2) is 24.3 Å². The minimum absolute atomic E-state index is 0.325. The van der Waals surface area contributed by atoms with E-state index < -0.39 is 6.10 Å². The third-order valence-electron chi connectivity index (χ3n) is 3.27. The first-order chi connectivity index (χ1) is 9.02. The van der Waals surface area contributed by atoms with Gasteiger partial charge in [-0.2, -0.15) is 5.10 Å². The number of hydrogen-bond donors (Lipinski definition) is 1. The van der Waals surface area contributed by atoms with Crippen LogP contribution in [0.3, 0.4) is 0 Å². The zero-order chi connectivity index (χ0) is 14.0. The highest BCUT2D eigenvalue weighted by molar-refractivity contribution is 5.27. The number of halogens is 1. The Morgan fingerprint density at radius 3 is 2.79 bits per heavy atom. The fourth-order valence-electron chi connectivity index (χ4n) is 2.27. The van der Waals surface area contributed by atoms with Crippen molar-refractivity contribution in [2.75, 3.05) is 0 Å². The SMILES string of the molecule is CCn1nc(C)cc1CC(O)c1cccc(C)c1F. The number of aliphatic hydroxyl groups is 1. The van der Waals surface area contributed by atoms with Crippen molar-refractivity contribution in [3.8, 4) is 0 Å². The predicted molar refractivity (Wildman–Crippen MR) is 72.4 cm³/mol. The number of aryl methyl sites for hydroxylation is 3. The Morgan fingerprint density at radius 1 is 1.37 bits per heavy atom. The molecule has 0 spiro atoms. The Bertz CT molecular complexity index is 578. The summed E-state index contributed by atoms with van der Waals surface area (Å²) in [5.41, 5.74) is 2.74. The van der Waals surface area contributed by atoms with Crippen LogP contribution in [0.2, 0.25) is 0 Å². The highest BCUT2D eigenvalue weighted by Crippen LogP contribution is 2.23. The third kappa shape index (κ3) is 2.84. The van der Waals surface area contributed by atoms with Gasteiger partial charge in [-0.3, -0.25) is 4.68 Å². The van der Waals surface area contributed by atoms with E-state index in [4.69, 9.17) is 0 Å². The quantitative estimate of drug-likeness (QED) is 0.920. The van der Waals surface area contributed by atoms with E-state index in [1.807, 2.05) is 24.6 Å². The first-order valence-corrected chi connectivity index (χ1v) is 6.49. The highest BCUT2D eigenvalue weighted by Gasteiger charge is 2.17. The number of hydrogen-bond acceptors (Lipinski definition) is 2. The van der Waals surface area contributed by atoms with Crippen LogP contribution >= 0.6 is 0 Å². The van der Waals surface area contributed by atoms with Gasteiger partial charge >= 0.3 is 0 Å². The van der Waals surface area contributed by atoms with Crippen LogP contribution in [-0.2, 0) is 13.0 Å². The monoisotopic (exact) mass is 262 g/mol. The zero-order valence-corrected chi connectivity index (χ0v) is 11.5. The van der Waals surface area contributed by atoms with Gasteiger partial charge in [0.25, 0.3) is 0 Å². The molecule has 0 aliphatic rings. The van der Waals surface area contributed by atoms with Crippen LogP contribution in [0.5, 0.6) is 0 Å². The normalized spacial score (nSPS) is 12.7. The van der Waals surface area contributed by atoms with E-state index in [2.05, 4.69) is 5.10 Å². The van der Waals surface area contributed by atoms with Gasteiger partial charge in [0, 0.05) is 24.2 Å². The minimum atomic E-state index is -0.846. The maximum atomic E-state index is 14.0. The lowest BCUT2D eigenvalue weighted by Crippen LogP contribution is -2.10. The Hall–Kier alpha value is -1.68. The topological polar surface area (TPSA) is 38.0 Å². The number of rotatable bonds is 4. The molecule has 0 amide bonds. The molecular weight excluding hydrogens is 243 g/mol. The average molecular weight is 262 g/mol. The predicted octanol–water partition coefficient (Wildman–Crippen LogP) is 2.94. The van der Waals surface area contributed by atoms with Crippen LogP contribution in [-0.4, -0.2) is 14.9 Å². The number of benzene rings is 1. The van der Waals surface area contributed by atoms with Crippen molar-refractivity contribution in [3.63, 3.8) is 0 Å². The van der Waals surface area contributed by atoms with Crippen LogP contribution in [0.25, 0.3) is 0 Å².